The van der Waals surface area contributed by atoms with Gasteiger partial charge in [0.15, 0.2) is 5.09 Å². The van der Waals surface area contributed by atoms with Gasteiger partial charge in [0.25, 0.3) is 0 Å². The molecule has 0 fully saturated rings. The Labute approximate surface area is 102 Å². The molecule has 2 aromatic heterocycles. The van der Waals surface area contributed by atoms with Crippen LogP contribution in [0.25, 0.3) is 0 Å². The quantitative estimate of drug-likeness (QED) is 0.844. The molecular weight excluding hydrogens is 242 g/mol. The van der Waals surface area contributed by atoms with E-state index in [1.165, 1.54) is 17.8 Å². The van der Waals surface area contributed by atoms with E-state index in [0.29, 0.717) is 10.8 Å². The summed E-state index contributed by atoms with van der Waals surface area (Å²) in [6, 6.07) is 3.09. The normalized spacial score (nSPS) is 10.7. The van der Waals surface area contributed by atoms with Gasteiger partial charge in [0.05, 0.1) is 5.69 Å². The van der Waals surface area contributed by atoms with Crippen molar-refractivity contribution < 1.29 is 18.8 Å². The minimum absolute atomic E-state index is 0.0498. The molecule has 0 amide bonds. The van der Waals surface area contributed by atoms with Crippen molar-refractivity contribution in [3.05, 3.63) is 34.9 Å². The lowest BCUT2D eigenvalue weighted by molar-refractivity contribution is 0.0656. The first kappa shape index (κ1) is 11.8. The van der Waals surface area contributed by atoms with E-state index in [9.17, 15) is 4.79 Å². The van der Waals surface area contributed by atoms with Gasteiger partial charge in [-0.3, -0.25) is 0 Å². The predicted octanol–water partition coefficient (Wildman–Crippen LogP) is 2.87. The number of thioether (sulfide) groups is 1. The van der Waals surface area contributed by atoms with Crippen LogP contribution in [0.2, 0.25) is 0 Å². The smallest absolute Gasteiger partial charge is 0.371 e. The molecule has 6 heteroatoms. The third-order valence-electron chi connectivity index (χ3n) is 2.33. The SMILES string of the molecule is Cc1noc(C)c1CSc1ccc(C(=O)O)o1. The number of aryl methyl sites for hydroxylation is 2. The van der Waals surface area contributed by atoms with Crippen LogP contribution in [0.4, 0.5) is 0 Å². The number of carbonyl (C=O) groups is 1. The van der Waals surface area contributed by atoms with Crippen LogP contribution < -0.4 is 0 Å². The van der Waals surface area contributed by atoms with Crippen LogP contribution in [0, 0.1) is 13.8 Å². The van der Waals surface area contributed by atoms with Crippen molar-refractivity contribution in [1.82, 2.24) is 5.16 Å². The van der Waals surface area contributed by atoms with Crippen LogP contribution in [-0.2, 0) is 5.75 Å². The van der Waals surface area contributed by atoms with E-state index < -0.39 is 5.97 Å². The molecule has 2 rings (SSSR count). The molecule has 0 bridgehead atoms. The van der Waals surface area contributed by atoms with Crippen LogP contribution >= 0.6 is 11.8 Å². The van der Waals surface area contributed by atoms with Gasteiger partial charge in [0.1, 0.15) is 5.76 Å². The van der Waals surface area contributed by atoms with Gasteiger partial charge < -0.3 is 14.0 Å². The van der Waals surface area contributed by atoms with Crippen LogP contribution in [0.5, 0.6) is 0 Å². The first-order valence-electron chi connectivity index (χ1n) is 4.95. The molecule has 90 valence electrons. The lowest BCUT2D eigenvalue weighted by Gasteiger charge is -1.97. The molecule has 1 N–H and O–H groups in total. The second-order valence-electron chi connectivity index (χ2n) is 3.52. The number of carboxylic acids is 1. The van der Waals surface area contributed by atoms with Crippen molar-refractivity contribution in [3.8, 4) is 0 Å². The summed E-state index contributed by atoms with van der Waals surface area (Å²) in [5.74, 6) is 0.314. The summed E-state index contributed by atoms with van der Waals surface area (Å²) >= 11 is 1.41. The second-order valence-corrected chi connectivity index (χ2v) is 4.49. The van der Waals surface area contributed by atoms with E-state index in [0.717, 1.165) is 17.0 Å². The second kappa shape index (κ2) is 4.67. The van der Waals surface area contributed by atoms with Gasteiger partial charge in [-0.15, -0.1) is 0 Å². The summed E-state index contributed by atoms with van der Waals surface area (Å²) in [6.45, 7) is 3.72. The van der Waals surface area contributed by atoms with Gasteiger partial charge in [0, 0.05) is 11.3 Å². The highest BCUT2D eigenvalue weighted by Crippen LogP contribution is 2.27. The van der Waals surface area contributed by atoms with E-state index in [4.69, 9.17) is 14.0 Å². The third kappa shape index (κ3) is 2.52. The largest absolute Gasteiger partial charge is 0.475 e. The first-order chi connectivity index (χ1) is 8.08. The number of hydrogen-bond acceptors (Lipinski definition) is 5. The molecule has 2 heterocycles. The van der Waals surface area contributed by atoms with Crippen LogP contribution in [0.3, 0.4) is 0 Å². The highest BCUT2D eigenvalue weighted by Gasteiger charge is 2.12. The van der Waals surface area contributed by atoms with Gasteiger partial charge >= 0.3 is 5.97 Å². The minimum atomic E-state index is -1.06. The molecule has 17 heavy (non-hydrogen) atoms. The number of rotatable bonds is 4. The fourth-order valence-corrected chi connectivity index (χ4v) is 2.38. The summed E-state index contributed by atoms with van der Waals surface area (Å²) < 4.78 is 10.2. The Hall–Kier alpha value is -1.69. The van der Waals surface area contributed by atoms with Crippen molar-refractivity contribution >= 4 is 17.7 Å². The minimum Gasteiger partial charge on any atom is -0.475 e. The third-order valence-corrected chi connectivity index (χ3v) is 3.27. The highest BCUT2D eigenvalue weighted by atomic mass is 32.2. The molecule has 0 atom stereocenters. The van der Waals surface area contributed by atoms with Crippen molar-refractivity contribution in [1.29, 1.82) is 0 Å². The maximum absolute atomic E-state index is 10.6. The lowest BCUT2D eigenvalue weighted by atomic mass is 10.2. The fraction of sp³-hybridized carbons (Fsp3) is 0.273. The van der Waals surface area contributed by atoms with Crippen molar-refractivity contribution in [3.63, 3.8) is 0 Å². The fourth-order valence-electron chi connectivity index (χ4n) is 1.36. The topological polar surface area (TPSA) is 76.5 Å². The maximum Gasteiger partial charge on any atom is 0.371 e. The number of furan rings is 1. The molecule has 2 aromatic rings. The van der Waals surface area contributed by atoms with Gasteiger partial charge in [-0.25, -0.2) is 4.79 Å². The lowest BCUT2D eigenvalue weighted by Crippen LogP contribution is -1.91. The van der Waals surface area contributed by atoms with Gasteiger partial charge in [-0.2, -0.15) is 0 Å². The number of aromatic nitrogens is 1. The molecule has 0 aliphatic rings. The summed E-state index contributed by atoms with van der Waals surface area (Å²) in [5.41, 5.74) is 1.86. The van der Waals surface area contributed by atoms with Gasteiger partial charge in [0.2, 0.25) is 5.76 Å². The average Bonchev–Trinajstić information content (AvgIpc) is 2.85. The van der Waals surface area contributed by atoms with E-state index in [1.807, 2.05) is 13.8 Å². The molecule has 0 aliphatic carbocycles. The summed E-state index contributed by atoms with van der Waals surface area (Å²) in [5, 5.41) is 13.1. The Morgan fingerprint density at radius 1 is 1.47 bits per heavy atom. The zero-order valence-electron chi connectivity index (χ0n) is 9.39. The van der Waals surface area contributed by atoms with E-state index in [-0.39, 0.29) is 5.76 Å². The van der Waals surface area contributed by atoms with E-state index in [1.54, 1.807) is 6.07 Å². The Balaban J connectivity index is 2.05. The summed E-state index contributed by atoms with van der Waals surface area (Å²) in [7, 11) is 0. The molecule has 0 unspecified atom stereocenters. The van der Waals surface area contributed by atoms with Crippen LogP contribution in [-0.4, -0.2) is 16.2 Å². The van der Waals surface area contributed by atoms with Gasteiger partial charge in [-0.05, 0) is 26.0 Å². The van der Waals surface area contributed by atoms with Crippen molar-refractivity contribution in [2.24, 2.45) is 0 Å². The Bertz CT molecular complexity index is 524. The monoisotopic (exact) mass is 253 g/mol. The molecule has 0 spiro atoms. The molecule has 0 saturated heterocycles. The zero-order chi connectivity index (χ0) is 12.4. The summed E-state index contributed by atoms with van der Waals surface area (Å²) in [6.07, 6.45) is 0. The number of aromatic carboxylic acids is 1. The average molecular weight is 253 g/mol. The Kier molecular flexibility index (Phi) is 3.23. The predicted molar refractivity (Wildman–Crippen MR) is 61.2 cm³/mol. The van der Waals surface area contributed by atoms with Crippen LogP contribution in [0.15, 0.2) is 26.2 Å². The molecule has 0 saturated carbocycles. The molecular formula is C11H11NO4S. The van der Waals surface area contributed by atoms with E-state index >= 15 is 0 Å². The van der Waals surface area contributed by atoms with Crippen molar-refractivity contribution in [2.75, 3.05) is 0 Å². The van der Waals surface area contributed by atoms with E-state index in [2.05, 4.69) is 5.16 Å². The first-order valence-corrected chi connectivity index (χ1v) is 5.94. The maximum atomic E-state index is 10.6. The highest BCUT2D eigenvalue weighted by molar-refractivity contribution is 7.98. The summed E-state index contributed by atoms with van der Waals surface area (Å²) in [4.78, 5) is 10.6. The zero-order valence-corrected chi connectivity index (χ0v) is 10.2. The number of nitrogens with zero attached hydrogens (tertiary/aromatic N) is 1. The van der Waals surface area contributed by atoms with Gasteiger partial charge in [-0.1, -0.05) is 16.9 Å². The number of hydrogen-bond donors (Lipinski definition) is 1. The Morgan fingerprint density at radius 3 is 2.76 bits per heavy atom. The standard InChI is InChI=1S/C11H11NO4S/c1-6-8(7(2)16-12-6)5-17-10-4-3-9(15-10)11(13)14/h3-4H,5H2,1-2H3,(H,13,14). The Morgan fingerprint density at radius 2 is 2.24 bits per heavy atom. The number of carboxylic acid groups (broad SMARTS) is 1. The van der Waals surface area contributed by atoms with Crippen LogP contribution in [0.1, 0.15) is 27.6 Å². The van der Waals surface area contributed by atoms with Crippen molar-refractivity contribution in [2.45, 2.75) is 24.7 Å². The molecule has 0 aromatic carbocycles. The molecule has 5 nitrogen and oxygen atoms in total. The molecule has 0 aliphatic heterocycles. The molecule has 0 radical (unpaired) electrons.